The Labute approximate surface area is 169 Å². The van der Waals surface area contributed by atoms with Crippen LogP contribution in [0.1, 0.15) is 41.1 Å². The zero-order valence-corrected chi connectivity index (χ0v) is 16.0. The fourth-order valence-corrected chi connectivity index (χ4v) is 4.00. The highest BCUT2D eigenvalue weighted by molar-refractivity contribution is 6.00. The molecule has 0 radical (unpaired) electrons. The first kappa shape index (κ1) is 18.8. The van der Waals surface area contributed by atoms with E-state index in [0.717, 1.165) is 31.2 Å². The van der Waals surface area contributed by atoms with Crippen molar-refractivity contribution in [3.63, 3.8) is 0 Å². The summed E-state index contributed by atoms with van der Waals surface area (Å²) >= 11 is 0. The third kappa shape index (κ3) is 3.87. The standard InChI is InChI=1S/C23H23N3O3/c1-14-21(27)20(26-23(29)24-14)22(28)25-19-12-6-10-17-16(9-5-11-18(17)19)13-15-7-3-2-4-8-15/h2-5,7-9,11,19,27H,1,6,10,12-13H2,(H,25,28)(H2,24,26,29)/t19-/m1/s1. The maximum Gasteiger partial charge on any atom is 0.324 e. The Kier molecular flexibility index (Phi) is 5.08. The number of fused-ring (bicyclic) bond motifs is 1. The molecule has 0 fully saturated rings. The van der Waals surface area contributed by atoms with Gasteiger partial charge >= 0.3 is 6.03 Å². The Balaban J connectivity index is 1.58. The number of hydrogen-bond donors (Lipinski definition) is 4. The number of urea groups is 1. The van der Waals surface area contributed by atoms with Crippen LogP contribution in [0, 0.1) is 0 Å². The van der Waals surface area contributed by atoms with Gasteiger partial charge in [0.2, 0.25) is 0 Å². The van der Waals surface area contributed by atoms with E-state index < -0.39 is 11.9 Å². The highest BCUT2D eigenvalue weighted by Crippen LogP contribution is 2.33. The number of aliphatic hydroxyl groups is 1. The molecule has 1 aliphatic carbocycles. The van der Waals surface area contributed by atoms with Crippen LogP contribution in [-0.4, -0.2) is 17.0 Å². The molecule has 0 unspecified atom stereocenters. The van der Waals surface area contributed by atoms with Gasteiger partial charge in [-0.1, -0.05) is 55.1 Å². The molecule has 3 amide bonds. The molecule has 0 saturated heterocycles. The zero-order chi connectivity index (χ0) is 20.4. The third-order valence-electron chi connectivity index (χ3n) is 5.40. The highest BCUT2D eigenvalue weighted by atomic mass is 16.3. The summed E-state index contributed by atoms with van der Waals surface area (Å²) < 4.78 is 0. The molecule has 6 nitrogen and oxygen atoms in total. The lowest BCUT2D eigenvalue weighted by atomic mass is 9.83. The van der Waals surface area contributed by atoms with Gasteiger partial charge in [-0.25, -0.2) is 4.79 Å². The van der Waals surface area contributed by atoms with E-state index in [9.17, 15) is 14.7 Å². The lowest BCUT2D eigenvalue weighted by molar-refractivity contribution is -0.118. The number of amides is 3. The van der Waals surface area contributed by atoms with Crippen LogP contribution in [0.25, 0.3) is 0 Å². The predicted molar refractivity (Wildman–Crippen MR) is 110 cm³/mol. The molecule has 29 heavy (non-hydrogen) atoms. The first-order valence-corrected chi connectivity index (χ1v) is 9.69. The number of carbonyl (C=O) groups is 2. The zero-order valence-electron chi connectivity index (χ0n) is 16.0. The number of benzene rings is 2. The van der Waals surface area contributed by atoms with Gasteiger partial charge in [0.25, 0.3) is 5.91 Å². The van der Waals surface area contributed by atoms with Gasteiger partial charge in [-0.2, -0.15) is 0 Å². The summed E-state index contributed by atoms with van der Waals surface area (Å²) in [5.74, 6) is -0.874. The number of carbonyl (C=O) groups excluding carboxylic acids is 2. The van der Waals surface area contributed by atoms with Crippen LogP contribution < -0.4 is 16.0 Å². The lowest BCUT2D eigenvalue weighted by Gasteiger charge is -2.29. The smallest absolute Gasteiger partial charge is 0.324 e. The third-order valence-corrected chi connectivity index (χ3v) is 5.40. The van der Waals surface area contributed by atoms with Crippen molar-refractivity contribution < 1.29 is 14.7 Å². The van der Waals surface area contributed by atoms with Crippen LogP contribution in [0.3, 0.4) is 0 Å². The van der Waals surface area contributed by atoms with Crippen molar-refractivity contribution in [1.82, 2.24) is 16.0 Å². The number of aliphatic hydroxyl groups excluding tert-OH is 1. The van der Waals surface area contributed by atoms with Crippen LogP contribution >= 0.6 is 0 Å². The fraction of sp³-hybridized carbons (Fsp3) is 0.217. The Morgan fingerprint density at radius 2 is 1.93 bits per heavy atom. The molecule has 2 aromatic rings. The van der Waals surface area contributed by atoms with E-state index in [1.165, 1.54) is 16.7 Å². The highest BCUT2D eigenvalue weighted by Gasteiger charge is 2.29. The molecular formula is C23H23N3O3. The van der Waals surface area contributed by atoms with Crippen molar-refractivity contribution >= 4 is 11.9 Å². The van der Waals surface area contributed by atoms with Gasteiger partial charge in [0, 0.05) is 0 Å². The summed E-state index contributed by atoms with van der Waals surface area (Å²) in [6.07, 6.45) is 3.57. The Morgan fingerprint density at radius 1 is 1.14 bits per heavy atom. The van der Waals surface area contributed by atoms with Crippen molar-refractivity contribution in [1.29, 1.82) is 0 Å². The summed E-state index contributed by atoms with van der Waals surface area (Å²) in [6, 6.07) is 15.7. The maximum absolute atomic E-state index is 12.7. The van der Waals surface area contributed by atoms with E-state index in [1.807, 2.05) is 30.3 Å². The molecule has 0 bridgehead atoms. The maximum atomic E-state index is 12.7. The summed E-state index contributed by atoms with van der Waals surface area (Å²) in [6.45, 7) is 3.55. The average molecular weight is 389 g/mol. The molecule has 2 aliphatic rings. The molecule has 148 valence electrons. The van der Waals surface area contributed by atoms with E-state index in [0.29, 0.717) is 0 Å². The van der Waals surface area contributed by atoms with E-state index in [1.54, 1.807) is 0 Å². The van der Waals surface area contributed by atoms with Crippen LogP contribution in [-0.2, 0) is 17.6 Å². The predicted octanol–water partition coefficient (Wildman–Crippen LogP) is 3.37. The van der Waals surface area contributed by atoms with Gasteiger partial charge in [0.05, 0.1) is 11.7 Å². The molecular weight excluding hydrogens is 366 g/mol. The Bertz CT molecular complexity index is 1010. The minimum atomic E-state index is -0.591. The van der Waals surface area contributed by atoms with Crippen molar-refractivity contribution in [3.8, 4) is 0 Å². The van der Waals surface area contributed by atoms with Crippen LogP contribution in [0.15, 0.2) is 72.3 Å². The normalized spacial score (nSPS) is 18.6. The molecule has 4 N–H and O–H groups in total. The average Bonchev–Trinajstić information content (AvgIpc) is 2.72. The molecule has 0 spiro atoms. The molecule has 0 saturated carbocycles. The van der Waals surface area contributed by atoms with Gasteiger partial charge in [-0.05, 0) is 47.9 Å². The second-order valence-corrected chi connectivity index (χ2v) is 7.35. The van der Waals surface area contributed by atoms with Gasteiger partial charge in [-0.3, -0.25) is 10.1 Å². The van der Waals surface area contributed by atoms with Crippen molar-refractivity contribution in [2.45, 2.75) is 31.7 Å². The quantitative estimate of drug-likeness (QED) is 0.646. The Morgan fingerprint density at radius 3 is 2.72 bits per heavy atom. The first-order chi connectivity index (χ1) is 14.0. The largest absolute Gasteiger partial charge is 0.504 e. The molecule has 2 aromatic carbocycles. The van der Waals surface area contributed by atoms with Crippen LogP contribution in [0.5, 0.6) is 0 Å². The van der Waals surface area contributed by atoms with Gasteiger partial charge in [0.15, 0.2) is 11.5 Å². The van der Waals surface area contributed by atoms with E-state index in [2.05, 4.69) is 40.7 Å². The summed E-state index contributed by atoms with van der Waals surface area (Å²) in [5.41, 5.74) is 4.71. The lowest BCUT2D eigenvalue weighted by Crippen LogP contribution is -2.46. The van der Waals surface area contributed by atoms with Crippen LogP contribution in [0.4, 0.5) is 4.79 Å². The van der Waals surface area contributed by atoms with E-state index in [-0.39, 0.29) is 23.2 Å². The second kappa shape index (κ2) is 7.83. The summed E-state index contributed by atoms with van der Waals surface area (Å²) in [5, 5.41) is 17.8. The molecule has 6 heteroatoms. The molecule has 1 atom stereocenters. The van der Waals surface area contributed by atoms with Gasteiger partial charge in [-0.15, -0.1) is 0 Å². The molecule has 0 aromatic heterocycles. The number of hydrogen-bond acceptors (Lipinski definition) is 3. The van der Waals surface area contributed by atoms with Crippen molar-refractivity contribution in [2.75, 3.05) is 0 Å². The summed E-state index contributed by atoms with van der Waals surface area (Å²) in [4.78, 5) is 24.4. The topological polar surface area (TPSA) is 90.5 Å². The number of rotatable bonds is 4. The minimum absolute atomic E-state index is 0.00749. The second-order valence-electron chi connectivity index (χ2n) is 7.35. The van der Waals surface area contributed by atoms with Gasteiger partial charge in [0.1, 0.15) is 0 Å². The van der Waals surface area contributed by atoms with Crippen molar-refractivity contribution in [3.05, 3.63) is 94.5 Å². The fourth-order valence-electron chi connectivity index (χ4n) is 4.00. The number of nitrogens with one attached hydrogen (secondary N) is 3. The summed E-state index contributed by atoms with van der Waals surface area (Å²) in [7, 11) is 0. The molecule has 1 heterocycles. The van der Waals surface area contributed by atoms with Crippen molar-refractivity contribution in [2.24, 2.45) is 0 Å². The molecule has 1 aliphatic heterocycles. The molecule has 4 rings (SSSR count). The van der Waals surface area contributed by atoms with Gasteiger partial charge < -0.3 is 15.7 Å². The monoisotopic (exact) mass is 389 g/mol. The first-order valence-electron chi connectivity index (χ1n) is 9.69. The van der Waals surface area contributed by atoms with Crippen LogP contribution in [0.2, 0.25) is 0 Å². The SMILES string of the molecule is C=C1NC(=O)NC(C(=O)N[C@@H]2CCCc3c(Cc4ccccc4)cccc32)=C1O. The Hall–Kier alpha value is -3.54. The minimum Gasteiger partial charge on any atom is -0.504 e. The van der Waals surface area contributed by atoms with E-state index in [4.69, 9.17) is 0 Å². The van der Waals surface area contributed by atoms with E-state index >= 15 is 0 Å².